The Bertz CT molecular complexity index is 930. The first-order valence-corrected chi connectivity index (χ1v) is 22.7. The normalized spacial score (nSPS) is 13.7. The van der Waals surface area contributed by atoms with Crippen molar-refractivity contribution in [2.75, 3.05) is 6.61 Å². The molecule has 0 aromatic rings. The minimum atomic E-state index is -0.859. The maximum Gasteiger partial charge on any atom is 0.220 e. The quantitative estimate of drug-likeness (QED) is 0.0433. The summed E-state index contributed by atoms with van der Waals surface area (Å²) in [5.74, 6) is -0.0780. The van der Waals surface area contributed by atoms with Crippen molar-refractivity contribution >= 4 is 5.91 Å². The number of aliphatic hydroxyl groups is 2. The molecule has 0 fully saturated rings. The minimum Gasteiger partial charge on any atom is -0.394 e. The Hall–Kier alpha value is -2.17. The first kappa shape index (κ1) is 50.8. The van der Waals surface area contributed by atoms with Gasteiger partial charge in [-0.25, -0.2) is 0 Å². The van der Waals surface area contributed by atoms with E-state index in [0.717, 1.165) is 57.8 Å². The molecule has 306 valence electrons. The third-order valence-corrected chi connectivity index (χ3v) is 9.92. The molecule has 0 heterocycles. The Labute approximate surface area is 329 Å². The Kier molecular flexibility index (Phi) is 42.4. The molecule has 0 saturated heterocycles. The lowest BCUT2D eigenvalue weighted by atomic mass is 10.0. The molecule has 0 bridgehead atoms. The van der Waals surface area contributed by atoms with Crippen LogP contribution in [0.4, 0.5) is 0 Å². The number of rotatable bonds is 40. The molecule has 0 radical (unpaired) electrons. The number of aliphatic hydroxyl groups excluding tert-OH is 2. The fraction of sp³-hybridized carbons (Fsp3) is 0.735. The van der Waals surface area contributed by atoms with Crippen molar-refractivity contribution in [2.45, 2.75) is 225 Å². The second-order valence-electron chi connectivity index (χ2n) is 15.1. The van der Waals surface area contributed by atoms with Crippen molar-refractivity contribution in [3.05, 3.63) is 72.9 Å². The van der Waals surface area contributed by atoms with Gasteiger partial charge in [0.2, 0.25) is 5.91 Å². The van der Waals surface area contributed by atoms with Crippen molar-refractivity contribution in [1.82, 2.24) is 5.32 Å². The maximum atomic E-state index is 12.3. The molecule has 0 saturated carbocycles. The Morgan fingerprint density at radius 2 is 0.849 bits per heavy atom. The number of hydrogen-bond donors (Lipinski definition) is 3. The number of carbonyl (C=O) groups is 1. The van der Waals surface area contributed by atoms with Crippen molar-refractivity contribution in [3.63, 3.8) is 0 Å². The van der Waals surface area contributed by atoms with Crippen LogP contribution in [0.5, 0.6) is 0 Å². The second-order valence-corrected chi connectivity index (χ2v) is 15.1. The Morgan fingerprint density at radius 3 is 1.32 bits per heavy atom. The average Bonchev–Trinajstić information content (AvgIpc) is 3.16. The van der Waals surface area contributed by atoms with Gasteiger partial charge in [-0.1, -0.05) is 215 Å². The van der Waals surface area contributed by atoms with Gasteiger partial charge in [-0.3, -0.25) is 4.79 Å². The SMILES string of the molecule is CC/C=C\C/C=C\C/C=C\C/C=C\CCCCCCCCCCCCCCCCCCCCCCC(=O)NC(CO)C(O)/C=C/CC/C=C/CCCC. The van der Waals surface area contributed by atoms with Gasteiger partial charge in [0.15, 0.2) is 0 Å². The highest BCUT2D eigenvalue weighted by Crippen LogP contribution is 2.15. The molecule has 0 rings (SSSR count). The molecule has 1 amide bonds. The summed E-state index contributed by atoms with van der Waals surface area (Å²) in [5.41, 5.74) is 0. The fourth-order valence-corrected chi connectivity index (χ4v) is 6.47. The van der Waals surface area contributed by atoms with E-state index in [1.165, 1.54) is 135 Å². The molecule has 0 aliphatic carbocycles. The van der Waals surface area contributed by atoms with Gasteiger partial charge in [-0.15, -0.1) is 0 Å². The molecule has 3 N–H and O–H groups in total. The number of allylic oxidation sites excluding steroid dienone is 11. The molecule has 4 nitrogen and oxygen atoms in total. The highest BCUT2D eigenvalue weighted by Gasteiger charge is 2.17. The van der Waals surface area contributed by atoms with E-state index >= 15 is 0 Å². The molecular weight excluding hydrogens is 651 g/mol. The topological polar surface area (TPSA) is 69.6 Å². The van der Waals surface area contributed by atoms with E-state index in [2.05, 4.69) is 79.9 Å². The van der Waals surface area contributed by atoms with Crippen LogP contribution >= 0.6 is 0 Å². The largest absolute Gasteiger partial charge is 0.394 e. The number of nitrogens with one attached hydrogen (secondary N) is 1. The van der Waals surface area contributed by atoms with Crippen LogP contribution in [0.3, 0.4) is 0 Å². The zero-order valence-corrected chi connectivity index (χ0v) is 35.0. The predicted octanol–water partition coefficient (Wildman–Crippen LogP) is 14.3. The van der Waals surface area contributed by atoms with Crippen LogP contribution in [0, 0.1) is 0 Å². The fourth-order valence-electron chi connectivity index (χ4n) is 6.47. The zero-order chi connectivity index (χ0) is 38.6. The van der Waals surface area contributed by atoms with Gasteiger partial charge in [0, 0.05) is 6.42 Å². The summed E-state index contributed by atoms with van der Waals surface area (Å²) < 4.78 is 0. The van der Waals surface area contributed by atoms with Gasteiger partial charge in [0.1, 0.15) is 0 Å². The van der Waals surface area contributed by atoms with Crippen LogP contribution in [0.15, 0.2) is 72.9 Å². The predicted molar refractivity (Wildman–Crippen MR) is 234 cm³/mol. The smallest absolute Gasteiger partial charge is 0.220 e. The summed E-state index contributed by atoms with van der Waals surface area (Å²) in [6.45, 7) is 4.11. The van der Waals surface area contributed by atoms with Crippen molar-refractivity contribution in [2.24, 2.45) is 0 Å². The number of unbranched alkanes of at least 4 members (excludes halogenated alkanes) is 23. The highest BCUT2D eigenvalue weighted by molar-refractivity contribution is 5.76. The van der Waals surface area contributed by atoms with E-state index in [-0.39, 0.29) is 12.5 Å². The third kappa shape index (κ3) is 40.8. The zero-order valence-electron chi connectivity index (χ0n) is 35.0. The van der Waals surface area contributed by atoms with Gasteiger partial charge in [-0.2, -0.15) is 0 Å². The van der Waals surface area contributed by atoms with Crippen LogP contribution in [0.25, 0.3) is 0 Å². The first-order chi connectivity index (χ1) is 26.2. The lowest BCUT2D eigenvalue weighted by Crippen LogP contribution is -2.45. The van der Waals surface area contributed by atoms with Crippen molar-refractivity contribution in [1.29, 1.82) is 0 Å². The Balaban J connectivity index is 3.43. The second kappa shape index (κ2) is 44.2. The number of carbonyl (C=O) groups excluding carboxylic acids is 1. The summed E-state index contributed by atoms with van der Waals surface area (Å²) in [6.07, 6.45) is 63.3. The average molecular weight is 738 g/mol. The summed E-state index contributed by atoms with van der Waals surface area (Å²) >= 11 is 0. The van der Waals surface area contributed by atoms with E-state index in [9.17, 15) is 15.0 Å². The van der Waals surface area contributed by atoms with E-state index in [0.29, 0.717) is 6.42 Å². The molecular formula is C49H87NO3. The molecule has 53 heavy (non-hydrogen) atoms. The molecule has 2 atom stereocenters. The van der Waals surface area contributed by atoms with E-state index in [4.69, 9.17) is 0 Å². The van der Waals surface area contributed by atoms with E-state index < -0.39 is 12.1 Å². The molecule has 0 spiro atoms. The summed E-state index contributed by atoms with van der Waals surface area (Å²) in [7, 11) is 0. The third-order valence-electron chi connectivity index (χ3n) is 9.92. The molecule has 0 aromatic heterocycles. The van der Waals surface area contributed by atoms with Crippen LogP contribution < -0.4 is 5.32 Å². The van der Waals surface area contributed by atoms with Gasteiger partial charge in [0.05, 0.1) is 18.8 Å². The monoisotopic (exact) mass is 738 g/mol. The molecule has 2 unspecified atom stereocenters. The molecule has 0 aromatic carbocycles. The number of amides is 1. The van der Waals surface area contributed by atoms with Gasteiger partial charge in [-0.05, 0) is 64.2 Å². The van der Waals surface area contributed by atoms with Gasteiger partial charge < -0.3 is 15.5 Å². The number of hydrogen-bond acceptors (Lipinski definition) is 3. The van der Waals surface area contributed by atoms with Crippen LogP contribution in [-0.4, -0.2) is 34.9 Å². The van der Waals surface area contributed by atoms with Crippen LogP contribution in [-0.2, 0) is 4.79 Å². The molecule has 0 aliphatic heterocycles. The standard InChI is InChI=1S/C49H87NO3/c1-3-5-7-9-11-13-14-15-16-17-18-19-20-21-22-23-24-25-26-27-28-29-30-31-32-33-34-35-36-37-39-41-43-45-49(53)50-47(46-51)48(52)44-42-40-38-12-10-8-6-4-2/h5,7,10-13,15-16,18-19,42,44,47-48,51-52H,3-4,6,8-9,14,17,20-41,43,45-46H2,1-2H3,(H,50,53)/b7-5-,12-10+,13-11-,16-15-,19-18-,44-42+. The highest BCUT2D eigenvalue weighted by atomic mass is 16.3. The van der Waals surface area contributed by atoms with Crippen molar-refractivity contribution < 1.29 is 15.0 Å². The summed E-state index contributed by atoms with van der Waals surface area (Å²) in [5, 5.41) is 22.8. The van der Waals surface area contributed by atoms with Crippen molar-refractivity contribution in [3.8, 4) is 0 Å². The lowest BCUT2D eigenvalue weighted by molar-refractivity contribution is -0.123. The first-order valence-electron chi connectivity index (χ1n) is 22.7. The van der Waals surface area contributed by atoms with Crippen LogP contribution in [0.2, 0.25) is 0 Å². The minimum absolute atomic E-state index is 0.0780. The van der Waals surface area contributed by atoms with Gasteiger partial charge in [0.25, 0.3) is 0 Å². The van der Waals surface area contributed by atoms with E-state index in [1.54, 1.807) is 6.08 Å². The maximum absolute atomic E-state index is 12.3. The van der Waals surface area contributed by atoms with Gasteiger partial charge >= 0.3 is 0 Å². The van der Waals surface area contributed by atoms with Crippen LogP contribution in [0.1, 0.15) is 213 Å². The summed E-state index contributed by atoms with van der Waals surface area (Å²) in [4.78, 5) is 12.3. The summed E-state index contributed by atoms with van der Waals surface area (Å²) in [6, 6.07) is -0.637. The Morgan fingerprint density at radius 1 is 0.472 bits per heavy atom. The van der Waals surface area contributed by atoms with E-state index in [1.807, 2.05) is 6.08 Å². The lowest BCUT2D eigenvalue weighted by Gasteiger charge is -2.19. The molecule has 0 aliphatic rings. The molecule has 4 heteroatoms.